The molecule has 0 unspecified atom stereocenters. The molecule has 4 aromatic rings. The zero-order valence-corrected chi connectivity index (χ0v) is 23.6. The highest BCUT2D eigenvalue weighted by Gasteiger charge is 2.36. The van der Waals surface area contributed by atoms with Crippen molar-refractivity contribution in [3.8, 4) is 33.9 Å². The van der Waals surface area contributed by atoms with Crippen molar-refractivity contribution in [2.75, 3.05) is 0 Å². The molecule has 0 amide bonds. The fourth-order valence-corrected chi connectivity index (χ4v) is 4.36. The molecule has 0 radical (unpaired) electrons. The molecule has 1 heterocycles. The lowest BCUT2D eigenvalue weighted by atomic mass is 9.96. The van der Waals surface area contributed by atoms with Gasteiger partial charge in [-0.05, 0) is 53.6 Å². The van der Waals surface area contributed by atoms with Gasteiger partial charge in [0.25, 0.3) is 0 Å². The van der Waals surface area contributed by atoms with Gasteiger partial charge in [0.2, 0.25) is 0 Å². The van der Waals surface area contributed by atoms with E-state index in [1.165, 1.54) is 25.2 Å². The number of aromatic nitrogens is 2. The Morgan fingerprint density at radius 1 is 0.977 bits per heavy atom. The fraction of sp³-hybridized carbons (Fsp3) is 0.133. The van der Waals surface area contributed by atoms with E-state index in [9.17, 15) is 31.1 Å². The standard InChI is InChI=1S/C30H20Cl2F6N2O3/c1-4-16(2)28(41)43-27-20(23-14-25(30(36,37)38)39-40(23)3)10-12-24(42-15-17-5-8-19(31)9-6-17)26(27)18-7-11-22(32)21(13-18)29(33,34)35/h4-14H,1-2,15H2,3H3. The van der Waals surface area contributed by atoms with Crippen LogP contribution in [0.15, 0.2) is 85.5 Å². The van der Waals surface area contributed by atoms with E-state index in [4.69, 9.17) is 32.7 Å². The molecule has 0 fully saturated rings. The summed E-state index contributed by atoms with van der Waals surface area (Å²) in [5, 5.41) is 3.36. The van der Waals surface area contributed by atoms with E-state index in [-0.39, 0.29) is 40.3 Å². The highest BCUT2D eigenvalue weighted by Crippen LogP contribution is 2.48. The van der Waals surface area contributed by atoms with E-state index in [0.29, 0.717) is 10.6 Å². The molecule has 0 spiro atoms. The molecule has 0 aliphatic rings. The topological polar surface area (TPSA) is 53.3 Å². The normalized spacial score (nSPS) is 11.7. The first kappa shape index (κ1) is 31.7. The third-order valence-electron chi connectivity index (χ3n) is 6.14. The maximum Gasteiger partial charge on any atom is 0.435 e. The number of aryl methyl sites for hydroxylation is 1. The third-order valence-corrected chi connectivity index (χ3v) is 6.72. The molecule has 0 bridgehead atoms. The first-order chi connectivity index (χ1) is 20.1. The second-order valence-corrected chi connectivity index (χ2v) is 9.92. The summed E-state index contributed by atoms with van der Waals surface area (Å²) < 4.78 is 94.6. The molecule has 0 aliphatic heterocycles. The number of carbonyl (C=O) groups is 1. The Hall–Kier alpha value is -4.22. The van der Waals surface area contributed by atoms with E-state index < -0.39 is 40.4 Å². The number of benzene rings is 3. The van der Waals surface area contributed by atoms with E-state index in [0.717, 1.165) is 29.0 Å². The Morgan fingerprint density at radius 2 is 1.65 bits per heavy atom. The summed E-state index contributed by atoms with van der Waals surface area (Å²) in [7, 11) is 1.23. The number of carbonyl (C=O) groups excluding carboxylic acids is 1. The predicted octanol–water partition coefficient (Wildman–Crippen LogP) is 9.33. The number of esters is 1. The molecule has 0 aliphatic carbocycles. The Balaban J connectivity index is 2.02. The lowest BCUT2D eigenvalue weighted by Gasteiger charge is -2.20. The molecule has 0 saturated carbocycles. The SMILES string of the molecule is C=CC(=C)C(=O)Oc1c(-c2cc(C(F)(F)F)nn2C)ccc(OCc2ccc(Cl)cc2)c1-c1ccc(Cl)c(C(F)(F)F)c1. The van der Waals surface area contributed by atoms with Gasteiger partial charge in [0.05, 0.1) is 27.4 Å². The fourth-order valence-electron chi connectivity index (χ4n) is 4.01. The Labute approximate surface area is 251 Å². The summed E-state index contributed by atoms with van der Waals surface area (Å²) in [6, 6.07) is 12.8. The molecule has 1 aromatic heterocycles. The van der Waals surface area contributed by atoms with Gasteiger partial charge in [0, 0.05) is 17.6 Å². The van der Waals surface area contributed by atoms with E-state index in [2.05, 4.69) is 18.3 Å². The van der Waals surface area contributed by atoms with Crippen molar-refractivity contribution in [3.63, 3.8) is 0 Å². The molecule has 3 aromatic carbocycles. The summed E-state index contributed by atoms with van der Waals surface area (Å²) in [5.74, 6) is -1.52. The lowest BCUT2D eigenvalue weighted by molar-refractivity contribution is -0.141. The molecule has 0 N–H and O–H groups in total. The molecule has 5 nitrogen and oxygen atoms in total. The number of halogens is 8. The second kappa shape index (κ2) is 12.2. The van der Waals surface area contributed by atoms with Crippen molar-refractivity contribution < 1.29 is 40.6 Å². The van der Waals surface area contributed by atoms with Crippen molar-refractivity contribution in [1.82, 2.24) is 9.78 Å². The Morgan fingerprint density at radius 3 is 2.23 bits per heavy atom. The summed E-state index contributed by atoms with van der Waals surface area (Å²) >= 11 is 11.8. The first-order valence-corrected chi connectivity index (χ1v) is 12.9. The molecule has 4 rings (SSSR count). The monoisotopic (exact) mass is 640 g/mol. The van der Waals surface area contributed by atoms with Crippen molar-refractivity contribution in [3.05, 3.63) is 112 Å². The van der Waals surface area contributed by atoms with Crippen molar-refractivity contribution in [1.29, 1.82) is 0 Å². The average Bonchev–Trinajstić information content (AvgIpc) is 3.34. The number of nitrogens with zero attached hydrogens (tertiary/aromatic N) is 2. The van der Waals surface area contributed by atoms with Gasteiger partial charge < -0.3 is 9.47 Å². The Kier molecular flexibility index (Phi) is 8.98. The average molecular weight is 641 g/mol. The van der Waals surface area contributed by atoms with Gasteiger partial charge in [0.1, 0.15) is 12.4 Å². The molecular formula is C30H20Cl2F6N2O3. The summed E-state index contributed by atoms with van der Waals surface area (Å²) in [6.45, 7) is 6.88. The van der Waals surface area contributed by atoms with Crippen LogP contribution in [0, 0.1) is 0 Å². The largest absolute Gasteiger partial charge is 0.488 e. The molecular weight excluding hydrogens is 621 g/mol. The number of ether oxygens (including phenoxy) is 2. The van der Waals surface area contributed by atoms with Gasteiger partial charge in [-0.1, -0.05) is 60.6 Å². The van der Waals surface area contributed by atoms with E-state index >= 15 is 0 Å². The van der Waals surface area contributed by atoms with Crippen LogP contribution >= 0.6 is 23.2 Å². The number of rotatable bonds is 8. The van der Waals surface area contributed by atoms with Crippen LogP contribution in [0.3, 0.4) is 0 Å². The first-order valence-electron chi connectivity index (χ1n) is 12.2. The molecule has 43 heavy (non-hydrogen) atoms. The molecule has 0 saturated heterocycles. The van der Waals surface area contributed by atoms with Crippen LogP contribution in [0.4, 0.5) is 26.3 Å². The third kappa shape index (κ3) is 7.06. The number of hydrogen-bond donors (Lipinski definition) is 0. The van der Waals surface area contributed by atoms with Crippen LogP contribution in [-0.2, 0) is 30.8 Å². The predicted molar refractivity (Wildman–Crippen MR) is 150 cm³/mol. The van der Waals surface area contributed by atoms with Gasteiger partial charge in [0.15, 0.2) is 11.4 Å². The van der Waals surface area contributed by atoms with Gasteiger partial charge in [-0.25, -0.2) is 4.79 Å². The van der Waals surface area contributed by atoms with Crippen molar-refractivity contribution in [2.24, 2.45) is 7.05 Å². The zero-order chi connectivity index (χ0) is 31.7. The number of alkyl halides is 6. The van der Waals surface area contributed by atoms with Crippen molar-refractivity contribution in [2.45, 2.75) is 19.0 Å². The van der Waals surface area contributed by atoms with Crippen LogP contribution < -0.4 is 9.47 Å². The lowest BCUT2D eigenvalue weighted by Crippen LogP contribution is -2.12. The van der Waals surface area contributed by atoms with Crippen LogP contribution in [0.1, 0.15) is 16.8 Å². The minimum absolute atomic E-state index is 0.0561. The minimum Gasteiger partial charge on any atom is -0.488 e. The van der Waals surface area contributed by atoms with E-state index in [1.54, 1.807) is 24.3 Å². The summed E-state index contributed by atoms with van der Waals surface area (Å²) in [6.07, 6.45) is -8.60. The quantitative estimate of drug-likeness (QED) is 0.0633. The van der Waals surface area contributed by atoms with Crippen molar-refractivity contribution >= 4 is 29.2 Å². The minimum atomic E-state index is -4.87. The second-order valence-electron chi connectivity index (χ2n) is 9.08. The molecule has 13 heteroatoms. The Bertz CT molecular complexity index is 1710. The maximum absolute atomic E-state index is 13.9. The summed E-state index contributed by atoms with van der Waals surface area (Å²) in [4.78, 5) is 12.9. The highest BCUT2D eigenvalue weighted by molar-refractivity contribution is 6.31. The highest BCUT2D eigenvalue weighted by atomic mass is 35.5. The van der Waals surface area contributed by atoms with Gasteiger partial charge in [-0.2, -0.15) is 31.4 Å². The van der Waals surface area contributed by atoms with Crippen LogP contribution in [-0.4, -0.2) is 15.7 Å². The van der Waals surface area contributed by atoms with Gasteiger partial charge in [-0.15, -0.1) is 0 Å². The number of hydrogen-bond acceptors (Lipinski definition) is 4. The van der Waals surface area contributed by atoms with Gasteiger partial charge in [-0.3, -0.25) is 4.68 Å². The summed E-state index contributed by atoms with van der Waals surface area (Å²) in [5.41, 5.74) is -2.63. The van der Waals surface area contributed by atoms with Crippen LogP contribution in [0.2, 0.25) is 10.0 Å². The van der Waals surface area contributed by atoms with Gasteiger partial charge >= 0.3 is 18.3 Å². The van der Waals surface area contributed by atoms with Crippen LogP contribution in [0.5, 0.6) is 11.5 Å². The maximum atomic E-state index is 13.9. The van der Waals surface area contributed by atoms with E-state index in [1.807, 2.05) is 0 Å². The smallest absolute Gasteiger partial charge is 0.435 e. The molecule has 0 atom stereocenters. The molecule has 224 valence electrons. The zero-order valence-electron chi connectivity index (χ0n) is 22.1. The van der Waals surface area contributed by atoms with Crippen LogP contribution in [0.25, 0.3) is 22.4 Å².